The first kappa shape index (κ1) is 12.6. The van der Waals surface area contributed by atoms with Crippen LogP contribution in [0.25, 0.3) is 11.0 Å². The average molecular weight is 261 g/mol. The van der Waals surface area contributed by atoms with Crippen molar-refractivity contribution in [1.82, 2.24) is 14.9 Å². The van der Waals surface area contributed by atoms with Gasteiger partial charge in [-0.25, -0.2) is 9.37 Å². The summed E-state index contributed by atoms with van der Waals surface area (Å²) in [7, 11) is 0. The van der Waals surface area contributed by atoms with Crippen molar-refractivity contribution in [2.45, 2.75) is 38.6 Å². The molecule has 3 rings (SSSR count). The number of imidazole rings is 1. The van der Waals surface area contributed by atoms with Gasteiger partial charge in [0.15, 0.2) is 5.82 Å². The maximum Gasteiger partial charge on any atom is 0.151 e. The second-order valence-electron chi connectivity index (χ2n) is 5.63. The number of piperidine rings is 1. The van der Waals surface area contributed by atoms with Gasteiger partial charge in [-0.1, -0.05) is 13.0 Å². The number of halogens is 1. The zero-order valence-corrected chi connectivity index (χ0v) is 11.5. The topological polar surface area (TPSA) is 29.9 Å². The number of benzene rings is 1. The van der Waals surface area contributed by atoms with E-state index >= 15 is 0 Å². The zero-order valence-electron chi connectivity index (χ0n) is 11.5. The first-order valence-corrected chi connectivity index (χ1v) is 7.01. The van der Waals surface area contributed by atoms with E-state index in [9.17, 15) is 4.39 Å². The second-order valence-corrected chi connectivity index (χ2v) is 5.63. The van der Waals surface area contributed by atoms with Gasteiger partial charge in [0, 0.05) is 18.5 Å². The van der Waals surface area contributed by atoms with E-state index in [1.807, 2.05) is 6.07 Å². The zero-order chi connectivity index (χ0) is 13.5. The van der Waals surface area contributed by atoms with Crippen LogP contribution in [0.3, 0.4) is 0 Å². The van der Waals surface area contributed by atoms with Crippen molar-refractivity contribution in [3.05, 3.63) is 29.8 Å². The Balaban J connectivity index is 2.20. The van der Waals surface area contributed by atoms with Crippen LogP contribution in [0.2, 0.25) is 0 Å². The highest BCUT2D eigenvalue weighted by Gasteiger charge is 2.34. The van der Waals surface area contributed by atoms with E-state index < -0.39 is 0 Å². The molecular formula is C15H20FN3. The van der Waals surface area contributed by atoms with Gasteiger partial charge in [0.1, 0.15) is 11.3 Å². The number of hydrogen-bond donors (Lipinski definition) is 1. The third-order valence-electron chi connectivity index (χ3n) is 4.18. The highest BCUT2D eigenvalue weighted by atomic mass is 19.1. The molecule has 1 unspecified atom stereocenters. The van der Waals surface area contributed by atoms with Crippen LogP contribution in [0.1, 0.15) is 32.5 Å². The molecule has 1 aliphatic heterocycles. The van der Waals surface area contributed by atoms with Gasteiger partial charge in [-0.15, -0.1) is 0 Å². The molecule has 1 aromatic carbocycles. The van der Waals surface area contributed by atoms with Crippen molar-refractivity contribution >= 4 is 11.0 Å². The molecule has 0 aliphatic carbocycles. The number of nitrogens with one attached hydrogen (secondary N) is 1. The molecule has 102 valence electrons. The molecule has 2 heterocycles. The Morgan fingerprint density at radius 3 is 3.00 bits per heavy atom. The largest absolute Gasteiger partial charge is 0.328 e. The number of hydrogen-bond acceptors (Lipinski definition) is 2. The van der Waals surface area contributed by atoms with Gasteiger partial charge in [-0.05, 0) is 38.4 Å². The molecule has 0 amide bonds. The summed E-state index contributed by atoms with van der Waals surface area (Å²) in [5, 5.41) is 3.44. The van der Waals surface area contributed by atoms with Crippen molar-refractivity contribution in [3.63, 3.8) is 0 Å². The third kappa shape index (κ3) is 1.94. The van der Waals surface area contributed by atoms with Crippen molar-refractivity contribution < 1.29 is 4.39 Å². The van der Waals surface area contributed by atoms with E-state index in [1.165, 1.54) is 6.07 Å². The third-order valence-corrected chi connectivity index (χ3v) is 4.18. The van der Waals surface area contributed by atoms with Gasteiger partial charge in [0.25, 0.3) is 0 Å². The smallest absolute Gasteiger partial charge is 0.151 e. The summed E-state index contributed by atoms with van der Waals surface area (Å²) < 4.78 is 16.1. The summed E-state index contributed by atoms with van der Waals surface area (Å²) in [6, 6.07) is 5.20. The minimum absolute atomic E-state index is 0.000278. The lowest BCUT2D eigenvalue weighted by Gasteiger charge is -2.33. The molecule has 0 bridgehead atoms. The molecule has 0 radical (unpaired) electrons. The first-order valence-electron chi connectivity index (χ1n) is 7.01. The predicted octanol–water partition coefficient (Wildman–Crippen LogP) is 2.84. The fourth-order valence-electron chi connectivity index (χ4n) is 3.14. The fraction of sp³-hybridized carbons (Fsp3) is 0.533. The Labute approximate surface area is 112 Å². The Morgan fingerprint density at radius 2 is 2.32 bits per heavy atom. The summed E-state index contributed by atoms with van der Waals surface area (Å²) in [5.41, 5.74) is 1.41. The average Bonchev–Trinajstić information content (AvgIpc) is 2.80. The second kappa shape index (κ2) is 4.60. The quantitative estimate of drug-likeness (QED) is 0.901. The van der Waals surface area contributed by atoms with Gasteiger partial charge < -0.3 is 9.88 Å². The fourth-order valence-corrected chi connectivity index (χ4v) is 3.14. The number of para-hydroxylation sites is 1. The Hall–Kier alpha value is -1.42. The Morgan fingerprint density at radius 1 is 1.47 bits per heavy atom. The molecule has 1 fully saturated rings. The van der Waals surface area contributed by atoms with E-state index in [2.05, 4.69) is 28.7 Å². The van der Waals surface area contributed by atoms with Crippen molar-refractivity contribution in [2.24, 2.45) is 0 Å². The van der Waals surface area contributed by atoms with Gasteiger partial charge in [0.05, 0.1) is 5.52 Å². The molecule has 3 nitrogen and oxygen atoms in total. The van der Waals surface area contributed by atoms with Crippen molar-refractivity contribution in [3.8, 4) is 0 Å². The molecule has 1 N–H and O–H groups in total. The number of fused-ring (bicyclic) bond motifs is 1. The maximum absolute atomic E-state index is 13.9. The number of nitrogens with zero attached hydrogens (tertiary/aromatic N) is 2. The van der Waals surface area contributed by atoms with E-state index in [0.29, 0.717) is 5.52 Å². The number of rotatable bonds is 2. The van der Waals surface area contributed by atoms with Gasteiger partial charge >= 0.3 is 0 Å². The number of aromatic nitrogens is 2. The molecule has 1 aromatic heterocycles. The minimum Gasteiger partial charge on any atom is -0.328 e. The molecule has 1 atom stereocenters. The Bertz CT molecular complexity index is 597. The minimum atomic E-state index is -0.224. The standard InChI is InChI=1S/C15H20FN3/c1-3-19-12-7-4-6-11(16)13(12)18-14(19)15(2)8-5-9-17-10-15/h4,6-7,17H,3,5,8-10H2,1-2H3. The molecule has 1 aliphatic rings. The van der Waals surface area contributed by atoms with Crippen LogP contribution in [-0.2, 0) is 12.0 Å². The molecule has 19 heavy (non-hydrogen) atoms. The van der Waals surface area contributed by atoms with E-state index in [0.717, 1.165) is 43.8 Å². The summed E-state index contributed by atoms with van der Waals surface area (Å²) in [6.45, 7) is 7.12. The van der Waals surface area contributed by atoms with Crippen LogP contribution in [0, 0.1) is 5.82 Å². The number of aryl methyl sites for hydroxylation is 1. The monoisotopic (exact) mass is 261 g/mol. The van der Waals surface area contributed by atoms with E-state index in [1.54, 1.807) is 6.07 Å². The lowest BCUT2D eigenvalue weighted by molar-refractivity contribution is 0.315. The SMILES string of the molecule is CCn1c(C2(C)CCCNC2)nc2c(F)cccc21. The lowest BCUT2D eigenvalue weighted by atomic mass is 9.82. The highest BCUT2D eigenvalue weighted by molar-refractivity contribution is 5.77. The van der Waals surface area contributed by atoms with Crippen molar-refractivity contribution in [1.29, 1.82) is 0 Å². The summed E-state index contributed by atoms with van der Waals surface area (Å²) >= 11 is 0. The molecule has 0 saturated carbocycles. The van der Waals surface area contributed by atoms with Crippen LogP contribution in [0.4, 0.5) is 4.39 Å². The van der Waals surface area contributed by atoms with Crippen LogP contribution in [0.5, 0.6) is 0 Å². The summed E-state index contributed by atoms with van der Waals surface area (Å²) in [5.74, 6) is 0.792. The van der Waals surface area contributed by atoms with Gasteiger partial charge in [-0.2, -0.15) is 0 Å². The van der Waals surface area contributed by atoms with Gasteiger partial charge in [0.2, 0.25) is 0 Å². The van der Waals surface area contributed by atoms with Crippen LogP contribution < -0.4 is 5.32 Å². The van der Waals surface area contributed by atoms with E-state index in [4.69, 9.17) is 0 Å². The maximum atomic E-state index is 13.9. The first-order chi connectivity index (χ1) is 9.15. The van der Waals surface area contributed by atoms with Crippen LogP contribution in [0.15, 0.2) is 18.2 Å². The lowest BCUT2D eigenvalue weighted by Crippen LogP contribution is -2.42. The van der Waals surface area contributed by atoms with Gasteiger partial charge in [-0.3, -0.25) is 0 Å². The Kier molecular flexibility index (Phi) is 3.05. The van der Waals surface area contributed by atoms with Crippen molar-refractivity contribution in [2.75, 3.05) is 13.1 Å². The summed E-state index contributed by atoms with van der Waals surface area (Å²) in [4.78, 5) is 4.63. The van der Waals surface area contributed by atoms with Crippen LogP contribution >= 0.6 is 0 Å². The summed E-state index contributed by atoms with van der Waals surface area (Å²) in [6.07, 6.45) is 2.25. The van der Waals surface area contributed by atoms with E-state index in [-0.39, 0.29) is 11.2 Å². The molecule has 0 spiro atoms. The van der Waals surface area contributed by atoms with Crippen LogP contribution in [-0.4, -0.2) is 22.6 Å². The normalized spacial score (nSPS) is 23.9. The predicted molar refractivity (Wildman–Crippen MR) is 74.8 cm³/mol. The molecule has 2 aromatic rings. The molecule has 4 heteroatoms. The molecular weight excluding hydrogens is 241 g/mol. The highest BCUT2D eigenvalue weighted by Crippen LogP contribution is 2.33. The molecule has 1 saturated heterocycles.